The van der Waals surface area contributed by atoms with E-state index in [4.69, 9.17) is 4.74 Å². The van der Waals surface area contributed by atoms with Gasteiger partial charge >= 0.3 is 0 Å². The minimum atomic E-state index is -0.0726. The molecule has 2 aliphatic rings. The van der Waals surface area contributed by atoms with Gasteiger partial charge in [-0.25, -0.2) is 4.98 Å². The van der Waals surface area contributed by atoms with Crippen LogP contribution in [0.1, 0.15) is 42.9 Å². The largest absolute Gasteiger partial charge is 0.383 e. The molecule has 2 aliphatic heterocycles. The molecule has 3 N–H and O–H groups in total. The zero-order chi connectivity index (χ0) is 24.9. The topological polar surface area (TPSA) is 82.3 Å². The maximum Gasteiger partial charge on any atom is 0.256 e. The Morgan fingerprint density at radius 3 is 2.78 bits per heavy atom. The van der Waals surface area contributed by atoms with Crippen LogP contribution < -0.4 is 10.6 Å². The molecule has 0 radical (unpaired) electrons. The lowest BCUT2D eigenvalue weighted by atomic mass is 9.97. The molecule has 1 saturated heterocycles. The van der Waals surface area contributed by atoms with Crippen LogP contribution in [-0.4, -0.2) is 60.2 Å². The lowest BCUT2D eigenvalue weighted by Crippen LogP contribution is -2.40. The van der Waals surface area contributed by atoms with E-state index in [0.29, 0.717) is 11.6 Å². The number of piperidine rings is 1. The second-order valence-corrected chi connectivity index (χ2v) is 9.63. The highest BCUT2D eigenvalue weighted by Crippen LogP contribution is 2.37. The number of likely N-dealkylation sites (tertiary alicyclic amines) is 1. The van der Waals surface area contributed by atoms with Gasteiger partial charge in [0.25, 0.3) is 5.91 Å². The first-order chi connectivity index (χ1) is 17.6. The van der Waals surface area contributed by atoms with Crippen molar-refractivity contribution in [2.24, 2.45) is 0 Å². The van der Waals surface area contributed by atoms with E-state index in [-0.39, 0.29) is 5.91 Å². The highest BCUT2D eigenvalue weighted by molar-refractivity contribution is 6.35. The molecule has 0 spiro atoms. The summed E-state index contributed by atoms with van der Waals surface area (Å²) in [5, 5.41) is 6.74. The number of anilines is 2. The number of imidazole rings is 1. The summed E-state index contributed by atoms with van der Waals surface area (Å²) < 4.78 is 5.21. The van der Waals surface area contributed by atoms with Gasteiger partial charge in [0.05, 0.1) is 6.61 Å². The number of nitrogens with one attached hydrogen (secondary N) is 3. The first kappa shape index (κ1) is 24.3. The molecule has 1 amide bonds. The SMILES string of the molecule is CCCc1ccc(/C=C2\C(=O)Nc3ccc(NC4CCN(CCOC)CC4)cc32)c(-c2ncc[nH]2)c1. The predicted octanol–water partition coefficient (Wildman–Crippen LogP) is 5.04. The van der Waals surface area contributed by atoms with Gasteiger partial charge in [0.1, 0.15) is 5.82 Å². The molecule has 7 heteroatoms. The van der Waals surface area contributed by atoms with Gasteiger partial charge in [0, 0.05) is 73.3 Å². The number of carbonyl (C=O) groups excluding carboxylic acids is 1. The Kier molecular flexibility index (Phi) is 7.49. The van der Waals surface area contributed by atoms with Crippen molar-refractivity contribution in [3.63, 3.8) is 0 Å². The molecule has 7 nitrogen and oxygen atoms in total. The molecule has 3 heterocycles. The Labute approximate surface area is 213 Å². The molecule has 0 bridgehead atoms. The van der Waals surface area contributed by atoms with Crippen LogP contribution in [0.25, 0.3) is 23.0 Å². The quantitative estimate of drug-likeness (QED) is 0.370. The van der Waals surface area contributed by atoms with E-state index in [1.54, 1.807) is 13.3 Å². The standard InChI is InChI=1S/C29H35N5O2/c1-3-4-20-5-6-21(24(17-20)28-30-11-12-31-28)18-26-25-19-23(7-8-27(25)33-29(26)35)32-22-9-13-34(14-10-22)15-16-36-2/h5-8,11-12,17-19,22,32H,3-4,9-10,13-16H2,1-2H3,(H,30,31)(H,33,35)/b26-18-. The maximum atomic E-state index is 13.0. The van der Waals surface area contributed by atoms with Crippen LogP contribution in [0.2, 0.25) is 0 Å². The summed E-state index contributed by atoms with van der Waals surface area (Å²) in [4.78, 5) is 23.1. The second-order valence-electron chi connectivity index (χ2n) is 9.63. The lowest BCUT2D eigenvalue weighted by molar-refractivity contribution is -0.110. The number of methoxy groups -OCH3 is 1. The van der Waals surface area contributed by atoms with Crippen LogP contribution in [0.5, 0.6) is 0 Å². The number of hydrogen-bond donors (Lipinski definition) is 3. The first-order valence-electron chi connectivity index (χ1n) is 12.9. The fourth-order valence-corrected chi connectivity index (χ4v) is 5.12. The molecule has 0 aliphatic carbocycles. The van der Waals surface area contributed by atoms with Gasteiger partial charge < -0.3 is 25.3 Å². The number of aryl methyl sites for hydroxylation is 1. The maximum absolute atomic E-state index is 13.0. The van der Waals surface area contributed by atoms with Crippen LogP contribution in [-0.2, 0) is 16.0 Å². The summed E-state index contributed by atoms with van der Waals surface area (Å²) in [6.45, 7) is 6.09. The molecule has 36 heavy (non-hydrogen) atoms. The third-order valence-electron chi connectivity index (χ3n) is 7.08. The Morgan fingerprint density at radius 1 is 1.17 bits per heavy atom. The average molecular weight is 486 g/mol. The van der Waals surface area contributed by atoms with E-state index in [9.17, 15) is 4.79 Å². The van der Waals surface area contributed by atoms with Gasteiger partial charge in [0.2, 0.25) is 0 Å². The first-order valence-corrected chi connectivity index (χ1v) is 12.9. The summed E-state index contributed by atoms with van der Waals surface area (Å²) in [6.07, 6.45) is 9.86. The van der Waals surface area contributed by atoms with Gasteiger partial charge in [-0.3, -0.25) is 4.79 Å². The summed E-state index contributed by atoms with van der Waals surface area (Å²) in [5.41, 5.74) is 6.77. The molecule has 0 unspecified atom stereocenters. The Morgan fingerprint density at radius 2 is 2.03 bits per heavy atom. The van der Waals surface area contributed by atoms with Gasteiger partial charge in [-0.05, 0) is 60.7 Å². The fourth-order valence-electron chi connectivity index (χ4n) is 5.12. The second kappa shape index (κ2) is 11.1. The molecule has 5 rings (SSSR count). The molecule has 188 valence electrons. The average Bonchev–Trinajstić information content (AvgIpc) is 3.53. The van der Waals surface area contributed by atoms with Crippen LogP contribution in [0.4, 0.5) is 11.4 Å². The van der Waals surface area contributed by atoms with Crippen molar-refractivity contribution >= 4 is 28.9 Å². The monoisotopic (exact) mass is 485 g/mol. The number of amides is 1. The van der Waals surface area contributed by atoms with Crippen LogP contribution in [0.15, 0.2) is 48.8 Å². The summed E-state index contributed by atoms with van der Waals surface area (Å²) in [6, 6.07) is 13.0. The minimum Gasteiger partial charge on any atom is -0.383 e. The van der Waals surface area contributed by atoms with Crippen molar-refractivity contribution in [1.29, 1.82) is 0 Å². The van der Waals surface area contributed by atoms with Crippen molar-refractivity contribution in [3.8, 4) is 11.4 Å². The van der Waals surface area contributed by atoms with Crippen molar-refractivity contribution in [2.45, 2.75) is 38.6 Å². The number of fused-ring (bicyclic) bond motifs is 1. The van der Waals surface area contributed by atoms with Crippen LogP contribution in [0.3, 0.4) is 0 Å². The highest BCUT2D eigenvalue weighted by atomic mass is 16.5. The Hall–Kier alpha value is -3.42. The predicted molar refractivity (Wildman–Crippen MR) is 146 cm³/mol. The van der Waals surface area contributed by atoms with E-state index in [2.05, 4.69) is 62.8 Å². The van der Waals surface area contributed by atoms with Gasteiger partial charge in [0.15, 0.2) is 0 Å². The number of benzene rings is 2. The Balaban J connectivity index is 1.39. The van der Waals surface area contributed by atoms with Gasteiger partial charge in [-0.1, -0.05) is 25.5 Å². The summed E-state index contributed by atoms with van der Waals surface area (Å²) in [5.74, 6) is 0.738. The smallest absolute Gasteiger partial charge is 0.256 e. The molecule has 0 atom stereocenters. The minimum absolute atomic E-state index is 0.0726. The number of hydrogen-bond acceptors (Lipinski definition) is 5. The van der Waals surface area contributed by atoms with Gasteiger partial charge in [-0.2, -0.15) is 0 Å². The van der Waals surface area contributed by atoms with Gasteiger partial charge in [-0.15, -0.1) is 0 Å². The van der Waals surface area contributed by atoms with E-state index < -0.39 is 0 Å². The van der Waals surface area contributed by atoms with Crippen molar-refractivity contribution < 1.29 is 9.53 Å². The molecular weight excluding hydrogens is 450 g/mol. The van der Waals surface area contributed by atoms with E-state index in [1.807, 2.05) is 18.3 Å². The number of H-pyrrole nitrogens is 1. The van der Waals surface area contributed by atoms with E-state index in [1.165, 1.54) is 5.56 Å². The van der Waals surface area contributed by atoms with Crippen LogP contribution >= 0.6 is 0 Å². The molecule has 3 aromatic rings. The number of carbonyl (C=O) groups is 1. The molecule has 1 aromatic heterocycles. The highest BCUT2D eigenvalue weighted by Gasteiger charge is 2.26. The molecular formula is C29H35N5O2. The van der Waals surface area contributed by atoms with Crippen molar-refractivity contribution in [2.75, 3.05) is 44.0 Å². The number of nitrogens with zero attached hydrogens (tertiary/aromatic N) is 2. The third kappa shape index (κ3) is 5.37. The number of ether oxygens (including phenoxy) is 1. The zero-order valence-corrected chi connectivity index (χ0v) is 21.1. The lowest BCUT2D eigenvalue weighted by Gasteiger charge is -2.32. The fraction of sp³-hybridized carbons (Fsp3) is 0.379. The van der Waals surface area contributed by atoms with E-state index >= 15 is 0 Å². The van der Waals surface area contributed by atoms with Crippen LogP contribution in [0, 0.1) is 0 Å². The van der Waals surface area contributed by atoms with Crippen molar-refractivity contribution in [1.82, 2.24) is 14.9 Å². The Bertz CT molecular complexity index is 1230. The number of aromatic nitrogens is 2. The third-order valence-corrected chi connectivity index (χ3v) is 7.08. The molecule has 1 fully saturated rings. The van der Waals surface area contributed by atoms with Crippen molar-refractivity contribution in [3.05, 3.63) is 65.5 Å². The van der Waals surface area contributed by atoms with E-state index in [0.717, 1.165) is 85.8 Å². The normalized spacial score (nSPS) is 17.4. The summed E-state index contributed by atoms with van der Waals surface area (Å²) >= 11 is 0. The summed E-state index contributed by atoms with van der Waals surface area (Å²) in [7, 11) is 1.75. The number of aromatic amines is 1. The number of rotatable bonds is 9. The zero-order valence-electron chi connectivity index (χ0n) is 21.1. The molecule has 0 saturated carbocycles. The molecule has 2 aromatic carbocycles.